The van der Waals surface area contributed by atoms with Gasteiger partial charge in [0.05, 0.1) is 13.2 Å². The van der Waals surface area contributed by atoms with Crippen molar-refractivity contribution in [1.29, 1.82) is 0 Å². The van der Waals surface area contributed by atoms with E-state index in [1.54, 1.807) is 0 Å². The summed E-state index contributed by atoms with van der Waals surface area (Å²) in [7, 11) is 0. The third-order valence-electron chi connectivity index (χ3n) is 3.10. The summed E-state index contributed by atoms with van der Waals surface area (Å²) >= 11 is 6.25. The zero-order chi connectivity index (χ0) is 14.3. The van der Waals surface area contributed by atoms with Crippen molar-refractivity contribution in [2.75, 3.05) is 18.9 Å². The molecule has 0 radical (unpaired) electrons. The Morgan fingerprint density at radius 3 is 2.95 bits per heavy atom. The van der Waals surface area contributed by atoms with Crippen LogP contribution in [0.25, 0.3) is 0 Å². The largest absolute Gasteiger partial charge is 0.392 e. The highest BCUT2D eigenvalue weighted by Gasteiger charge is 2.58. The number of aliphatic hydroxyl groups excluding tert-OH is 2. The number of hydrogen-bond donors (Lipinski definition) is 3. The minimum Gasteiger partial charge on any atom is -0.392 e. The summed E-state index contributed by atoms with van der Waals surface area (Å²) in [5, 5.41) is 19.5. The molecule has 4 N–H and O–H groups in total. The number of aliphatic hydroxyl groups is 2. The third-order valence-corrected chi connectivity index (χ3v) is 3.60. The summed E-state index contributed by atoms with van der Waals surface area (Å²) in [4.78, 5) is 13.6. The van der Waals surface area contributed by atoms with E-state index in [9.17, 15) is 15.0 Å². The van der Waals surface area contributed by atoms with Gasteiger partial charge in [0.25, 0.3) is 0 Å². The van der Waals surface area contributed by atoms with Crippen molar-refractivity contribution in [3.8, 4) is 12.3 Å². The van der Waals surface area contributed by atoms with E-state index in [1.807, 2.05) is 0 Å². The van der Waals surface area contributed by atoms with E-state index in [2.05, 4.69) is 10.9 Å². The van der Waals surface area contributed by atoms with Crippen LogP contribution in [-0.2, 0) is 9.73 Å². The summed E-state index contributed by atoms with van der Waals surface area (Å²) < 4.78 is 6.20. The molecule has 0 spiro atoms. The SMILES string of the molecule is C#C[C@]1(CO)OC[C@](Cl)(n2ccc(N)nc2=O)[C@@H]1O. The molecule has 1 aliphatic heterocycles. The number of terminal acetylenes is 1. The van der Waals surface area contributed by atoms with E-state index in [-0.39, 0.29) is 12.4 Å². The minimum atomic E-state index is -1.65. The van der Waals surface area contributed by atoms with E-state index in [0.717, 1.165) is 4.57 Å². The van der Waals surface area contributed by atoms with Crippen LogP contribution in [0.1, 0.15) is 0 Å². The molecule has 0 aromatic carbocycles. The molecule has 1 aromatic heterocycles. The van der Waals surface area contributed by atoms with Gasteiger partial charge in [-0.25, -0.2) is 4.79 Å². The second-order valence-corrected chi connectivity index (χ2v) is 4.86. The standard InChI is InChI=1S/C11H12ClN3O4/c1-2-10(5-16)8(17)11(12,6-19-10)15-4-3-7(13)14-9(15)18/h1,3-4,8,16-17H,5-6H2,(H2,13,14,18)/t8-,10-,11+/m1/s1. The normalized spacial score (nSPS) is 34.1. The number of anilines is 1. The average molecular weight is 286 g/mol. The van der Waals surface area contributed by atoms with Crippen molar-refractivity contribution >= 4 is 17.4 Å². The highest BCUT2D eigenvalue weighted by Crippen LogP contribution is 2.40. The molecule has 0 bridgehead atoms. The lowest BCUT2D eigenvalue weighted by molar-refractivity contribution is -0.0508. The Labute approximate surface area is 113 Å². The summed E-state index contributed by atoms with van der Waals surface area (Å²) in [6, 6.07) is 1.35. The van der Waals surface area contributed by atoms with Crippen molar-refractivity contribution in [2.24, 2.45) is 0 Å². The van der Waals surface area contributed by atoms with Crippen LogP contribution in [0.15, 0.2) is 17.1 Å². The molecule has 7 nitrogen and oxygen atoms in total. The molecule has 3 atom stereocenters. The number of rotatable bonds is 2. The predicted molar refractivity (Wildman–Crippen MR) is 67.3 cm³/mol. The van der Waals surface area contributed by atoms with Crippen LogP contribution in [0.5, 0.6) is 0 Å². The summed E-state index contributed by atoms with van der Waals surface area (Å²) in [6.07, 6.45) is 5.05. The van der Waals surface area contributed by atoms with Crippen molar-refractivity contribution in [1.82, 2.24) is 9.55 Å². The monoisotopic (exact) mass is 285 g/mol. The smallest absolute Gasteiger partial charge is 0.351 e. The van der Waals surface area contributed by atoms with Gasteiger partial charge in [-0.05, 0) is 6.07 Å². The highest BCUT2D eigenvalue weighted by atomic mass is 35.5. The zero-order valence-corrected chi connectivity index (χ0v) is 10.5. The van der Waals surface area contributed by atoms with E-state index >= 15 is 0 Å². The van der Waals surface area contributed by atoms with E-state index in [0.29, 0.717) is 0 Å². The Morgan fingerprint density at radius 1 is 1.79 bits per heavy atom. The zero-order valence-electron chi connectivity index (χ0n) is 9.78. The van der Waals surface area contributed by atoms with Gasteiger partial charge < -0.3 is 20.7 Å². The Balaban J connectivity index is 2.51. The molecule has 19 heavy (non-hydrogen) atoms. The fraction of sp³-hybridized carbons (Fsp3) is 0.455. The third kappa shape index (κ3) is 1.89. The van der Waals surface area contributed by atoms with E-state index in [1.165, 1.54) is 12.3 Å². The van der Waals surface area contributed by atoms with Crippen molar-refractivity contribution < 1.29 is 14.9 Å². The van der Waals surface area contributed by atoms with Gasteiger partial charge in [-0.2, -0.15) is 4.98 Å². The van der Waals surface area contributed by atoms with Crippen LogP contribution in [0.2, 0.25) is 0 Å². The first-order valence-corrected chi connectivity index (χ1v) is 5.72. The second-order valence-electron chi connectivity index (χ2n) is 4.21. The number of alkyl halides is 1. The summed E-state index contributed by atoms with van der Waals surface area (Å²) in [6.45, 7) is -0.887. The molecule has 1 aliphatic rings. The number of halogens is 1. The van der Waals surface area contributed by atoms with E-state index < -0.39 is 29.0 Å². The molecule has 1 fully saturated rings. The number of nitrogens with zero attached hydrogens (tertiary/aromatic N) is 2. The first-order valence-electron chi connectivity index (χ1n) is 5.35. The van der Waals surface area contributed by atoms with Gasteiger partial charge in [0.1, 0.15) is 11.9 Å². The van der Waals surface area contributed by atoms with Gasteiger partial charge in [-0.3, -0.25) is 4.57 Å². The molecule has 0 aliphatic carbocycles. The van der Waals surface area contributed by atoms with Crippen LogP contribution in [0.4, 0.5) is 5.82 Å². The van der Waals surface area contributed by atoms with Crippen molar-refractivity contribution in [3.05, 3.63) is 22.7 Å². The van der Waals surface area contributed by atoms with Gasteiger partial charge >= 0.3 is 5.69 Å². The fourth-order valence-corrected chi connectivity index (χ4v) is 2.30. The molecule has 2 rings (SSSR count). The van der Waals surface area contributed by atoms with Crippen LogP contribution >= 0.6 is 11.6 Å². The summed E-state index contributed by atoms with van der Waals surface area (Å²) in [5.41, 5.74) is 2.98. The lowest BCUT2D eigenvalue weighted by Gasteiger charge is -2.30. The van der Waals surface area contributed by atoms with Gasteiger partial charge in [0.2, 0.25) is 0 Å². The quantitative estimate of drug-likeness (QED) is 0.449. The van der Waals surface area contributed by atoms with Crippen LogP contribution in [-0.4, -0.2) is 44.7 Å². The molecule has 8 heteroatoms. The molecule has 0 unspecified atom stereocenters. The van der Waals surface area contributed by atoms with Gasteiger partial charge in [-0.15, -0.1) is 6.42 Å². The lowest BCUT2D eigenvalue weighted by Crippen LogP contribution is -2.52. The van der Waals surface area contributed by atoms with Crippen molar-refractivity contribution in [3.63, 3.8) is 0 Å². The molecule has 0 saturated carbocycles. The molecule has 2 heterocycles. The molecule has 0 amide bonds. The minimum absolute atomic E-state index is 0.0280. The average Bonchev–Trinajstić information content (AvgIpc) is 2.64. The maximum absolute atomic E-state index is 11.8. The number of aromatic nitrogens is 2. The van der Waals surface area contributed by atoms with Gasteiger partial charge in [0.15, 0.2) is 10.6 Å². The Bertz CT molecular complexity index is 598. The number of hydrogen-bond acceptors (Lipinski definition) is 6. The van der Waals surface area contributed by atoms with Gasteiger partial charge in [0, 0.05) is 6.20 Å². The maximum atomic E-state index is 11.8. The Hall–Kier alpha value is -1.59. The first kappa shape index (κ1) is 13.8. The number of nitrogens with two attached hydrogens (primary N) is 1. The molecule has 1 saturated heterocycles. The molecular formula is C11H12ClN3O4. The van der Waals surface area contributed by atoms with Crippen molar-refractivity contribution in [2.45, 2.75) is 16.7 Å². The Kier molecular flexibility index (Phi) is 3.28. The second kappa shape index (κ2) is 4.51. The van der Waals surface area contributed by atoms with Crippen LogP contribution in [0, 0.1) is 12.3 Å². The van der Waals surface area contributed by atoms with E-state index in [4.69, 9.17) is 28.5 Å². The van der Waals surface area contributed by atoms with Crippen LogP contribution < -0.4 is 11.4 Å². The maximum Gasteiger partial charge on any atom is 0.351 e. The molecule has 1 aromatic rings. The number of ether oxygens (including phenoxy) is 1. The van der Waals surface area contributed by atoms with Crippen LogP contribution in [0.3, 0.4) is 0 Å². The summed E-state index contributed by atoms with van der Waals surface area (Å²) in [5.74, 6) is 2.19. The molecule has 102 valence electrons. The highest BCUT2D eigenvalue weighted by molar-refractivity contribution is 6.23. The first-order chi connectivity index (χ1) is 8.89. The molecular weight excluding hydrogens is 274 g/mol. The topological polar surface area (TPSA) is 111 Å². The predicted octanol–water partition coefficient (Wildman–Crippen LogP) is -1.53. The number of nitrogen functional groups attached to an aromatic ring is 1. The fourth-order valence-electron chi connectivity index (χ4n) is 1.94. The Morgan fingerprint density at radius 2 is 2.47 bits per heavy atom. The lowest BCUT2D eigenvalue weighted by atomic mass is 9.95. The van der Waals surface area contributed by atoms with Gasteiger partial charge in [-0.1, -0.05) is 17.5 Å².